The third kappa shape index (κ3) is 4.08. The number of carboxylic acid groups (broad SMARTS) is 1. The van der Waals surface area contributed by atoms with Gasteiger partial charge in [0, 0.05) is 30.9 Å². The van der Waals surface area contributed by atoms with Gasteiger partial charge < -0.3 is 15.3 Å². The number of nitrogens with one attached hydrogen (secondary N) is 1. The number of amides is 1. The van der Waals surface area contributed by atoms with Gasteiger partial charge >= 0.3 is 5.97 Å². The van der Waals surface area contributed by atoms with E-state index in [-0.39, 0.29) is 12.5 Å². The smallest absolute Gasteiger partial charge is 0.328 e. The van der Waals surface area contributed by atoms with E-state index in [1.165, 1.54) is 6.08 Å². The van der Waals surface area contributed by atoms with Crippen LogP contribution in [-0.2, 0) is 9.59 Å². The van der Waals surface area contributed by atoms with E-state index >= 15 is 0 Å². The van der Waals surface area contributed by atoms with E-state index < -0.39 is 5.97 Å². The first-order chi connectivity index (χ1) is 9.56. The number of hydrogen-bond donors (Lipinski definition) is 2. The molecule has 0 aliphatic heterocycles. The number of nitrogens with zero attached hydrogens (tertiary/aromatic N) is 2. The van der Waals surface area contributed by atoms with Gasteiger partial charge in [-0.25, -0.2) is 9.78 Å². The fourth-order valence-electron chi connectivity index (χ4n) is 1.81. The zero-order valence-corrected chi connectivity index (χ0v) is 11.2. The Balaban J connectivity index is 2.05. The van der Waals surface area contributed by atoms with Crippen LogP contribution >= 0.6 is 0 Å². The molecule has 6 nitrogen and oxygen atoms in total. The Morgan fingerprint density at radius 3 is 2.95 bits per heavy atom. The molecule has 1 aliphatic carbocycles. The van der Waals surface area contributed by atoms with Gasteiger partial charge in [-0.15, -0.1) is 0 Å². The van der Waals surface area contributed by atoms with Crippen LogP contribution < -0.4 is 10.2 Å². The summed E-state index contributed by atoms with van der Waals surface area (Å²) in [4.78, 5) is 28.3. The fourth-order valence-corrected chi connectivity index (χ4v) is 1.81. The zero-order valence-electron chi connectivity index (χ0n) is 11.2. The first-order valence-electron chi connectivity index (χ1n) is 6.43. The van der Waals surface area contributed by atoms with Crippen LogP contribution in [0.4, 0.5) is 5.82 Å². The van der Waals surface area contributed by atoms with Crippen LogP contribution in [0.3, 0.4) is 0 Å². The average molecular weight is 275 g/mol. The van der Waals surface area contributed by atoms with Crippen molar-refractivity contribution in [3.63, 3.8) is 0 Å². The Morgan fingerprint density at radius 2 is 2.30 bits per heavy atom. The van der Waals surface area contributed by atoms with Crippen molar-refractivity contribution in [2.75, 3.05) is 18.5 Å². The average Bonchev–Trinajstić information content (AvgIpc) is 3.20. The van der Waals surface area contributed by atoms with Gasteiger partial charge in [-0.2, -0.15) is 0 Å². The molecule has 1 aliphatic rings. The molecule has 1 saturated carbocycles. The predicted molar refractivity (Wildman–Crippen MR) is 75.3 cm³/mol. The second-order valence-corrected chi connectivity index (χ2v) is 4.79. The quantitative estimate of drug-likeness (QED) is 0.754. The second kappa shape index (κ2) is 6.18. The Bertz CT molecular complexity index is 538. The minimum Gasteiger partial charge on any atom is -0.478 e. The number of carbonyl (C=O) groups excluding carboxylic acids is 1. The summed E-state index contributed by atoms with van der Waals surface area (Å²) in [5, 5.41) is 11.6. The Kier molecular flexibility index (Phi) is 4.34. The van der Waals surface area contributed by atoms with Crippen LogP contribution in [-0.4, -0.2) is 41.6 Å². The molecule has 1 heterocycles. The molecule has 0 aromatic carbocycles. The third-order valence-corrected chi connectivity index (χ3v) is 2.91. The van der Waals surface area contributed by atoms with Gasteiger partial charge in [0.15, 0.2) is 0 Å². The first-order valence-corrected chi connectivity index (χ1v) is 6.43. The summed E-state index contributed by atoms with van der Waals surface area (Å²) in [5.74, 6) is -0.487. The van der Waals surface area contributed by atoms with Gasteiger partial charge in [0.05, 0.1) is 6.54 Å². The Morgan fingerprint density at radius 1 is 1.55 bits per heavy atom. The third-order valence-electron chi connectivity index (χ3n) is 2.91. The number of rotatable bonds is 6. The number of carboxylic acids is 1. The molecule has 0 atom stereocenters. The highest BCUT2D eigenvalue weighted by Gasteiger charge is 2.23. The van der Waals surface area contributed by atoms with E-state index in [2.05, 4.69) is 10.3 Å². The molecule has 6 heteroatoms. The number of likely N-dealkylation sites (N-methyl/N-ethyl adjacent to an activating group) is 1. The topological polar surface area (TPSA) is 82.5 Å². The molecule has 0 spiro atoms. The van der Waals surface area contributed by atoms with E-state index in [1.807, 2.05) is 0 Å². The monoisotopic (exact) mass is 275 g/mol. The summed E-state index contributed by atoms with van der Waals surface area (Å²) in [6.45, 7) is 0.196. The zero-order chi connectivity index (χ0) is 14.5. The lowest BCUT2D eigenvalue weighted by molar-refractivity contribution is -0.131. The van der Waals surface area contributed by atoms with Crippen LogP contribution in [0.1, 0.15) is 18.4 Å². The number of carbonyl (C=O) groups is 2. The van der Waals surface area contributed by atoms with Crippen LogP contribution in [0.15, 0.2) is 24.4 Å². The van der Waals surface area contributed by atoms with Crippen LogP contribution in [0.5, 0.6) is 0 Å². The highest BCUT2D eigenvalue weighted by atomic mass is 16.4. The molecule has 106 valence electrons. The van der Waals surface area contributed by atoms with Crippen molar-refractivity contribution in [2.24, 2.45) is 0 Å². The summed E-state index contributed by atoms with van der Waals surface area (Å²) in [5.41, 5.74) is 0.664. The summed E-state index contributed by atoms with van der Waals surface area (Å²) < 4.78 is 0. The maximum Gasteiger partial charge on any atom is 0.328 e. The van der Waals surface area contributed by atoms with Crippen molar-refractivity contribution in [2.45, 2.75) is 18.9 Å². The van der Waals surface area contributed by atoms with Crippen molar-refractivity contribution in [1.82, 2.24) is 10.3 Å². The van der Waals surface area contributed by atoms with E-state index in [0.29, 0.717) is 17.4 Å². The van der Waals surface area contributed by atoms with Crippen LogP contribution in [0, 0.1) is 0 Å². The fraction of sp³-hybridized carbons (Fsp3) is 0.357. The summed E-state index contributed by atoms with van der Waals surface area (Å²) in [7, 11) is 1.76. The Labute approximate surface area is 117 Å². The lowest BCUT2D eigenvalue weighted by Crippen LogP contribution is -2.36. The van der Waals surface area contributed by atoms with E-state index in [9.17, 15) is 9.59 Å². The van der Waals surface area contributed by atoms with Gasteiger partial charge in [-0.1, -0.05) is 0 Å². The number of aliphatic carboxylic acids is 1. The number of aromatic nitrogens is 1. The van der Waals surface area contributed by atoms with Gasteiger partial charge in [0.25, 0.3) is 0 Å². The summed E-state index contributed by atoms with van der Waals surface area (Å²) in [6.07, 6.45) is 6.23. The molecular formula is C14H17N3O3. The minimum absolute atomic E-state index is 0.0474. The molecule has 2 rings (SSSR count). The standard InChI is InChI=1S/C14H17N3O3/c1-17(9-12(18)16-11-5-6-11)14-10(3-2-8-15-14)4-7-13(19)20/h2-4,7-8,11H,5-6,9H2,1H3,(H,16,18)(H,19,20)/b7-4+. The molecule has 1 amide bonds. The molecule has 20 heavy (non-hydrogen) atoms. The highest BCUT2D eigenvalue weighted by Crippen LogP contribution is 2.19. The van der Waals surface area contributed by atoms with Gasteiger partial charge in [-0.3, -0.25) is 4.79 Å². The molecule has 0 bridgehead atoms. The minimum atomic E-state index is -1.02. The summed E-state index contributed by atoms with van der Waals surface area (Å²) in [6, 6.07) is 3.81. The summed E-state index contributed by atoms with van der Waals surface area (Å²) >= 11 is 0. The van der Waals surface area contributed by atoms with Gasteiger partial charge in [-0.05, 0) is 31.1 Å². The molecule has 0 unspecified atom stereocenters. The molecule has 0 radical (unpaired) electrons. The van der Waals surface area contributed by atoms with Crippen molar-refractivity contribution in [1.29, 1.82) is 0 Å². The van der Waals surface area contributed by atoms with E-state index in [1.54, 1.807) is 30.3 Å². The highest BCUT2D eigenvalue weighted by molar-refractivity contribution is 5.87. The molecule has 1 aromatic heterocycles. The van der Waals surface area contributed by atoms with Gasteiger partial charge in [0.1, 0.15) is 5.82 Å². The van der Waals surface area contributed by atoms with Gasteiger partial charge in [0.2, 0.25) is 5.91 Å². The number of pyridine rings is 1. The first kappa shape index (κ1) is 14.0. The molecule has 0 saturated heterocycles. The van der Waals surface area contributed by atoms with Crippen molar-refractivity contribution in [3.05, 3.63) is 30.0 Å². The number of hydrogen-bond acceptors (Lipinski definition) is 4. The lowest BCUT2D eigenvalue weighted by atomic mass is 10.2. The van der Waals surface area contributed by atoms with E-state index in [4.69, 9.17) is 5.11 Å². The Hall–Kier alpha value is -2.37. The lowest BCUT2D eigenvalue weighted by Gasteiger charge is -2.19. The van der Waals surface area contributed by atoms with Crippen LogP contribution in [0.25, 0.3) is 6.08 Å². The molecule has 1 fully saturated rings. The molecule has 1 aromatic rings. The largest absolute Gasteiger partial charge is 0.478 e. The van der Waals surface area contributed by atoms with Crippen molar-refractivity contribution < 1.29 is 14.7 Å². The van der Waals surface area contributed by atoms with Crippen molar-refractivity contribution in [3.8, 4) is 0 Å². The second-order valence-electron chi connectivity index (χ2n) is 4.79. The van der Waals surface area contributed by atoms with E-state index in [0.717, 1.165) is 18.9 Å². The normalized spacial score (nSPS) is 14.2. The SMILES string of the molecule is CN(CC(=O)NC1CC1)c1ncccc1/C=C/C(=O)O. The number of anilines is 1. The predicted octanol–water partition coefficient (Wildman–Crippen LogP) is 0.894. The van der Waals surface area contributed by atoms with Crippen LogP contribution in [0.2, 0.25) is 0 Å². The maximum atomic E-state index is 11.8. The molecular weight excluding hydrogens is 258 g/mol. The molecule has 2 N–H and O–H groups in total. The van der Waals surface area contributed by atoms with Crippen molar-refractivity contribution >= 4 is 23.8 Å². The maximum absolute atomic E-state index is 11.8.